The van der Waals surface area contributed by atoms with Crippen molar-refractivity contribution >= 4 is 18.2 Å². The molecule has 64 valence electrons. The van der Waals surface area contributed by atoms with Crippen molar-refractivity contribution in [1.82, 2.24) is 4.73 Å². The fourth-order valence-corrected chi connectivity index (χ4v) is 0.827. The van der Waals surface area contributed by atoms with Crippen molar-refractivity contribution in [3.05, 3.63) is 33.7 Å². The van der Waals surface area contributed by atoms with Crippen LogP contribution in [0.25, 0.3) is 0 Å². The Hall–Kier alpha value is -1.36. The van der Waals surface area contributed by atoms with Gasteiger partial charge in [-0.3, -0.25) is 0 Å². The van der Waals surface area contributed by atoms with Gasteiger partial charge in [-0.25, -0.2) is 4.79 Å². The second-order valence-corrected chi connectivity index (χ2v) is 2.49. The van der Waals surface area contributed by atoms with E-state index in [2.05, 4.69) is 17.0 Å². The van der Waals surface area contributed by atoms with Crippen molar-refractivity contribution in [2.75, 3.05) is 7.11 Å². The molecule has 5 heteroatoms. The summed E-state index contributed by atoms with van der Waals surface area (Å²) in [5.41, 5.74) is 0.195. The van der Waals surface area contributed by atoms with Crippen molar-refractivity contribution < 1.29 is 9.53 Å². The van der Waals surface area contributed by atoms with E-state index >= 15 is 0 Å². The van der Waals surface area contributed by atoms with Gasteiger partial charge in [-0.2, -0.15) is 0 Å². The SMILES string of the molecule is COC(=O)c1ccc(=S)n([O-])c1. The van der Waals surface area contributed by atoms with Gasteiger partial charge in [-0.05, 0) is 12.1 Å². The molecular weight excluding hydrogens is 178 g/mol. The average molecular weight is 184 g/mol. The molecule has 0 aliphatic rings. The number of hydrogen-bond donors (Lipinski definition) is 0. The number of pyridine rings is 1. The maximum Gasteiger partial charge on any atom is 0.339 e. The zero-order valence-electron chi connectivity index (χ0n) is 6.31. The number of ether oxygens (including phenoxy) is 1. The van der Waals surface area contributed by atoms with E-state index in [9.17, 15) is 10.0 Å². The van der Waals surface area contributed by atoms with Gasteiger partial charge in [0.1, 0.15) is 4.64 Å². The fourth-order valence-electron chi connectivity index (χ4n) is 0.706. The molecule has 0 unspecified atom stereocenters. The first-order chi connectivity index (χ1) is 5.65. The summed E-state index contributed by atoms with van der Waals surface area (Å²) >= 11 is 4.63. The van der Waals surface area contributed by atoms with E-state index in [1.807, 2.05) is 0 Å². The van der Waals surface area contributed by atoms with E-state index in [0.29, 0.717) is 4.73 Å². The molecule has 0 aliphatic carbocycles. The lowest BCUT2D eigenvalue weighted by molar-refractivity contribution is 0.0600. The predicted octanol–water partition coefficient (Wildman–Crippen LogP) is 1.35. The minimum atomic E-state index is -0.547. The number of nitrogens with zero attached hydrogens (tertiary/aromatic N) is 1. The lowest BCUT2D eigenvalue weighted by atomic mass is 10.3. The van der Waals surface area contributed by atoms with E-state index in [0.717, 1.165) is 6.20 Å². The summed E-state index contributed by atoms with van der Waals surface area (Å²) in [6.07, 6.45) is 1.09. The first-order valence-electron chi connectivity index (χ1n) is 3.13. The molecule has 1 heterocycles. The maximum absolute atomic E-state index is 10.9. The highest BCUT2D eigenvalue weighted by Gasteiger charge is 2.02. The third-order valence-corrected chi connectivity index (χ3v) is 1.62. The smallest absolute Gasteiger partial charge is 0.339 e. The van der Waals surface area contributed by atoms with Gasteiger partial charge in [-0.15, -0.1) is 0 Å². The molecule has 0 amide bonds. The van der Waals surface area contributed by atoms with E-state index in [4.69, 9.17) is 0 Å². The molecule has 0 bridgehead atoms. The van der Waals surface area contributed by atoms with Gasteiger partial charge in [0.05, 0.1) is 12.7 Å². The summed E-state index contributed by atoms with van der Waals surface area (Å²) < 4.78 is 4.98. The molecule has 1 rings (SSSR count). The summed E-state index contributed by atoms with van der Waals surface area (Å²) in [7, 11) is 1.25. The normalized spacial score (nSPS) is 9.42. The molecular formula is C7H6NO3S-. The Labute approximate surface area is 74.0 Å². The largest absolute Gasteiger partial charge is 0.805 e. The van der Waals surface area contributed by atoms with Gasteiger partial charge in [0.2, 0.25) is 0 Å². The Kier molecular flexibility index (Phi) is 2.44. The first kappa shape index (κ1) is 8.73. The molecule has 0 fully saturated rings. The Morgan fingerprint density at radius 2 is 2.33 bits per heavy atom. The van der Waals surface area contributed by atoms with E-state index in [-0.39, 0.29) is 10.2 Å². The monoisotopic (exact) mass is 184 g/mol. The summed E-state index contributed by atoms with van der Waals surface area (Å²) in [5.74, 6) is -0.547. The van der Waals surface area contributed by atoms with Crippen LogP contribution >= 0.6 is 12.2 Å². The quantitative estimate of drug-likeness (QED) is 0.488. The number of methoxy groups -OCH3 is 1. The van der Waals surface area contributed by atoms with Crippen LogP contribution in [0.1, 0.15) is 10.4 Å². The van der Waals surface area contributed by atoms with Gasteiger partial charge in [0.15, 0.2) is 0 Å². The highest BCUT2D eigenvalue weighted by atomic mass is 32.1. The number of rotatable bonds is 1. The number of hydrogen-bond acceptors (Lipinski definition) is 4. The Morgan fingerprint density at radius 3 is 2.83 bits per heavy atom. The molecule has 0 saturated heterocycles. The van der Waals surface area contributed by atoms with Gasteiger partial charge in [0, 0.05) is 6.20 Å². The average Bonchev–Trinajstić information content (AvgIpc) is 2.08. The van der Waals surface area contributed by atoms with Crippen LogP contribution in [0.3, 0.4) is 0 Å². The Morgan fingerprint density at radius 1 is 1.67 bits per heavy atom. The molecule has 0 aliphatic heterocycles. The molecule has 0 N–H and O–H groups in total. The van der Waals surface area contributed by atoms with E-state index in [1.165, 1.54) is 19.2 Å². The number of carbonyl (C=O) groups is 1. The lowest BCUT2D eigenvalue weighted by Gasteiger charge is -2.10. The summed E-state index contributed by atoms with van der Waals surface area (Å²) in [6, 6.07) is 2.83. The van der Waals surface area contributed by atoms with Gasteiger partial charge < -0.3 is 14.7 Å². The van der Waals surface area contributed by atoms with Crippen molar-refractivity contribution in [3.8, 4) is 0 Å². The summed E-state index contributed by atoms with van der Waals surface area (Å²) in [6.45, 7) is 0. The number of esters is 1. The standard InChI is InChI=1S/C7H6NO3S/c1-11-7(9)5-2-3-6(12)8(10)4-5/h2-4H,1H3/q-1. The van der Waals surface area contributed by atoms with Crippen LogP contribution in [0.5, 0.6) is 0 Å². The van der Waals surface area contributed by atoms with Crippen LogP contribution in [0.15, 0.2) is 18.3 Å². The molecule has 0 aromatic carbocycles. The van der Waals surface area contributed by atoms with Crippen LogP contribution in [-0.4, -0.2) is 17.8 Å². The van der Waals surface area contributed by atoms with E-state index in [1.54, 1.807) is 0 Å². The van der Waals surface area contributed by atoms with E-state index < -0.39 is 5.97 Å². The number of aromatic nitrogens is 1. The minimum absolute atomic E-state index is 0.127. The molecule has 1 aromatic heterocycles. The molecule has 0 saturated carbocycles. The molecule has 0 atom stereocenters. The highest BCUT2D eigenvalue weighted by molar-refractivity contribution is 7.71. The molecule has 0 radical (unpaired) electrons. The van der Waals surface area contributed by atoms with Crippen LogP contribution in [0, 0.1) is 9.85 Å². The van der Waals surface area contributed by atoms with Crippen LogP contribution in [0.4, 0.5) is 0 Å². The van der Waals surface area contributed by atoms with Crippen molar-refractivity contribution in [2.45, 2.75) is 0 Å². The summed E-state index contributed by atoms with van der Waals surface area (Å²) in [5, 5.41) is 10.9. The first-order valence-corrected chi connectivity index (χ1v) is 3.54. The van der Waals surface area contributed by atoms with Crippen LogP contribution < -0.4 is 0 Å². The summed E-state index contributed by atoms with van der Waals surface area (Å²) in [4.78, 5) is 10.9. The van der Waals surface area contributed by atoms with Gasteiger partial charge in [-0.1, -0.05) is 12.2 Å². The zero-order valence-corrected chi connectivity index (χ0v) is 7.13. The minimum Gasteiger partial charge on any atom is -0.805 e. The fraction of sp³-hybridized carbons (Fsp3) is 0.143. The predicted molar refractivity (Wildman–Crippen MR) is 45.4 cm³/mol. The topological polar surface area (TPSA) is 54.3 Å². The lowest BCUT2D eigenvalue weighted by Crippen LogP contribution is -2.03. The van der Waals surface area contributed by atoms with Crippen molar-refractivity contribution in [2.24, 2.45) is 0 Å². The third kappa shape index (κ3) is 1.62. The maximum atomic E-state index is 10.9. The van der Waals surface area contributed by atoms with Crippen molar-refractivity contribution in [3.63, 3.8) is 0 Å². The molecule has 4 nitrogen and oxygen atoms in total. The van der Waals surface area contributed by atoms with Gasteiger partial charge >= 0.3 is 5.97 Å². The second-order valence-electron chi connectivity index (χ2n) is 2.07. The van der Waals surface area contributed by atoms with Crippen molar-refractivity contribution in [1.29, 1.82) is 0 Å². The van der Waals surface area contributed by atoms with Gasteiger partial charge in [0.25, 0.3) is 0 Å². The Balaban J connectivity index is 3.13. The second kappa shape index (κ2) is 3.36. The highest BCUT2D eigenvalue weighted by Crippen LogP contribution is 2.01. The third-order valence-electron chi connectivity index (χ3n) is 1.30. The number of carbonyl (C=O) groups excluding carboxylic acids is 1. The molecule has 12 heavy (non-hydrogen) atoms. The molecule has 0 spiro atoms. The van der Waals surface area contributed by atoms with Crippen LogP contribution in [0.2, 0.25) is 0 Å². The Bertz CT molecular complexity index is 358. The van der Waals surface area contributed by atoms with Crippen LogP contribution in [-0.2, 0) is 4.74 Å². The molecule has 1 aromatic rings. The zero-order chi connectivity index (χ0) is 9.14.